The molecule has 1 unspecified atom stereocenters. The Morgan fingerprint density at radius 3 is 2.82 bits per heavy atom. The highest BCUT2D eigenvalue weighted by molar-refractivity contribution is 9.09. The van der Waals surface area contributed by atoms with E-state index in [2.05, 4.69) is 32.6 Å². The Labute approximate surface area is 111 Å². The summed E-state index contributed by atoms with van der Waals surface area (Å²) in [6.07, 6.45) is 4.83. The summed E-state index contributed by atoms with van der Waals surface area (Å²) in [6.45, 7) is 2.53. The SMILES string of the molecule is CCC(CCBr)CNS(=O)(=O)c1cccnc1. The minimum atomic E-state index is -3.41. The molecule has 17 heavy (non-hydrogen) atoms. The van der Waals surface area contributed by atoms with Gasteiger partial charge < -0.3 is 0 Å². The van der Waals surface area contributed by atoms with Gasteiger partial charge in [-0.3, -0.25) is 4.98 Å². The molecule has 4 nitrogen and oxygen atoms in total. The van der Waals surface area contributed by atoms with E-state index in [0.717, 1.165) is 18.2 Å². The molecule has 0 radical (unpaired) electrons. The van der Waals surface area contributed by atoms with Crippen molar-refractivity contribution in [3.8, 4) is 0 Å². The molecule has 0 fully saturated rings. The van der Waals surface area contributed by atoms with E-state index in [1.807, 2.05) is 0 Å². The van der Waals surface area contributed by atoms with Crippen molar-refractivity contribution in [1.82, 2.24) is 9.71 Å². The number of hydrogen-bond acceptors (Lipinski definition) is 3. The smallest absolute Gasteiger partial charge is 0.242 e. The Bertz CT molecular complexity index is 422. The van der Waals surface area contributed by atoms with Gasteiger partial charge in [-0.05, 0) is 24.5 Å². The lowest BCUT2D eigenvalue weighted by Gasteiger charge is -2.14. The van der Waals surface area contributed by atoms with E-state index in [0.29, 0.717) is 12.5 Å². The van der Waals surface area contributed by atoms with Gasteiger partial charge in [0.15, 0.2) is 0 Å². The van der Waals surface area contributed by atoms with E-state index in [9.17, 15) is 8.42 Å². The summed E-state index contributed by atoms with van der Waals surface area (Å²) in [5.41, 5.74) is 0. The maximum atomic E-state index is 11.9. The molecule has 0 amide bonds. The highest BCUT2D eigenvalue weighted by atomic mass is 79.9. The molecule has 96 valence electrons. The number of rotatable bonds is 7. The maximum Gasteiger partial charge on any atom is 0.242 e. The van der Waals surface area contributed by atoms with Crippen LogP contribution >= 0.6 is 15.9 Å². The van der Waals surface area contributed by atoms with E-state index >= 15 is 0 Å². The molecule has 0 saturated carbocycles. The quantitative estimate of drug-likeness (QED) is 0.783. The molecule has 0 saturated heterocycles. The molecule has 0 aliphatic heterocycles. The number of halogens is 1. The van der Waals surface area contributed by atoms with Crippen molar-refractivity contribution in [1.29, 1.82) is 0 Å². The normalized spacial score (nSPS) is 13.5. The van der Waals surface area contributed by atoms with E-state index in [4.69, 9.17) is 0 Å². The number of nitrogens with one attached hydrogen (secondary N) is 1. The van der Waals surface area contributed by atoms with E-state index in [1.165, 1.54) is 6.20 Å². The van der Waals surface area contributed by atoms with Crippen molar-refractivity contribution in [3.05, 3.63) is 24.5 Å². The lowest BCUT2D eigenvalue weighted by Crippen LogP contribution is -2.29. The lowest BCUT2D eigenvalue weighted by atomic mass is 10.0. The van der Waals surface area contributed by atoms with Gasteiger partial charge in [0.25, 0.3) is 0 Å². The van der Waals surface area contributed by atoms with Crippen LogP contribution in [0.4, 0.5) is 0 Å². The van der Waals surface area contributed by atoms with Gasteiger partial charge in [-0.1, -0.05) is 29.3 Å². The first-order valence-electron chi connectivity index (χ1n) is 5.55. The van der Waals surface area contributed by atoms with Crippen LogP contribution in [0.15, 0.2) is 29.4 Å². The molecular weight excluding hydrogens is 304 g/mol. The van der Waals surface area contributed by atoms with Gasteiger partial charge in [-0.25, -0.2) is 13.1 Å². The van der Waals surface area contributed by atoms with Crippen molar-refractivity contribution in [3.63, 3.8) is 0 Å². The van der Waals surface area contributed by atoms with Crippen molar-refractivity contribution in [2.45, 2.75) is 24.7 Å². The summed E-state index contributed by atoms with van der Waals surface area (Å²) in [6, 6.07) is 3.16. The third kappa shape index (κ3) is 4.73. The lowest BCUT2D eigenvalue weighted by molar-refractivity contribution is 0.483. The largest absolute Gasteiger partial charge is 0.263 e. The number of sulfonamides is 1. The van der Waals surface area contributed by atoms with Crippen molar-refractivity contribution in [2.75, 3.05) is 11.9 Å². The highest BCUT2D eigenvalue weighted by Crippen LogP contribution is 2.11. The highest BCUT2D eigenvalue weighted by Gasteiger charge is 2.15. The average molecular weight is 321 g/mol. The second-order valence-electron chi connectivity index (χ2n) is 3.79. The number of nitrogens with zero attached hydrogens (tertiary/aromatic N) is 1. The molecule has 1 heterocycles. The van der Waals surface area contributed by atoms with Crippen molar-refractivity contribution < 1.29 is 8.42 Å². The minimum absolute atomic E-state index is 0.216. The second kappa shape index (κ2) is 7.08. The van der Waals surface area contributed by atoms with E-state index in [1.54, 1.807) is 18.3 Å². The molecular formula is C11H17BrN2O2S. The first-order chi connectivity index (χ1) is 8.10. The van der Waals surface area contributed by atoms with Gasteiger partial charge in [0.1, 0.15) is 4.90 Å². The predicted octanol–water partition coefficient (Wildman–Crippen LogP) is 2.17. The summed E-state index contributed by atoms with van der Waals surface area (Å²) < 4.78 is 26.4. The fourth-order valence-corrected chi connectivity index (χ4v) is 3.15. The number of pyridine rings is 1. The first-order valence-corrected chi connectivity index (χ1v) is 8.16. The van der Waals surface area contributed by atoms with Crippen LogP contribution in [-0.2, 0) is 10.0 Å². The second-order valence-corrected chi connectivity index (χ2v) is 6.35. The van der Waals surface area contributed by atoms with Gasteiger partial charge in [0.05, 0.1) is 0 Å². The average Bonchev–Trinajstić information content (AvgIpc) is 2.35. The zero-order valence-electron chi connectivity index (χ0n) is 9.77. The van der Waals surface area contributed by atoms with Crippen LogP contribution in [0.1, 0.15) is 19.8 Å². The molecule has 1 aromatic rings. The number of aromatic nitrogens is 1. The van der Waals surface area contributed by atoms with Gasteiger partial charge >= 0.3 is 0 Å². The van der Waals surface area contributed by atoms with Gasteiger partial charge in [-0.2, -0.15) is 0 Å². The van der Waals surface area contributed by atoms with E-state index < -0.39 is 10.0 Å². The molecule has 0 bridgehead atoms. The van der Waals surface area contributed by atoms with Crippen LogP contribution in [0.2, 0.25) is 0 Å². The molecule has 0 aliphatic carbocycles. The predicted molar refractivity (Wildman–Crippen MR) is 71.6 cm³/mol. The standard InChI is InChI=1S/C11H17BrN2O2S/c1-2-10(5-6-12)8-14-17(15,16)11-4-3-7-13-9-11/h3-4,7,9-10,14H,2,5-6,8H2,1H3. The van der Waals surface area contributed by atoms with Gasteiger partial charge in [0.2, 0.25) is 10.0 Å². The Kier molecular flexibility index (Phi) is 6.08. The third-order valence-corrected chi connectivity index (χ3v) is 4.47. The van der Waals surface area contributed by atoms with E-state index in [-0.39, 0.29) is 4.90 Å². The summed E-state index contributed by atoms with van der Waals surface area (Å²) in [5.74, 6) is 0.362. The van der Waals surface area contributed by atoms with Crippen LogP contribution in [0.3, 0.4) is 0 Å². The Balaban J connectivity index is 2.62. The first kappa shape index (κ1) is 14.6. The third-order valence-electron chi connectivity index (χ3n) is 2.60. The maximum absolute atomic E-state index is 11.9. The topological polar surface area (TPSA) is 59.1 Å². The van der Waals surface area contributed by atoms with Gasteiger partial charge in [-0.15, -0.1) is 0 Å². The van der Waals surface area contributed by atoms with Crippen molar-refractivity contribution >= 4 is 26.0 Å². The summed E-state index contributed by atoms with van der Waals surface area (Å²) >= 11 is 3.37. The molecule has 0 aromatic carbocycles. The fourth-order valence-electron chi connectivity index (χ4n) is 1.42. The zero-order valence-corrected chi connectivity index (χ0v) is 12.2. The molecule has 1 rings (SSSR count). The summed E-state index contributed by atoms with van der Waals surface area (Å²) in [7, 11) is -3.41. The van der Waals surface area contributed by atoms with Gasteiger partial charge in [0, 0.05) is 24.3 Å². The minimum Gasteiger partial charge on any atom is -0.263 e. The zero-order chi connectivity index (χ0) is 12.7. The van der Waals surface area contributed by atoms with Crippen LogP contribution < -0.4 is 4.72 Å². The van der Waals surface area contributed by atoms with Crippen LogP contribution in [-0.4, -0.2) is 25.3 Å². The molecule has 0 aliphatic rings. The molecule has 0 spiro atoms. The molecule has 1 aromatic heterocycles. The monoisotopic (exact) mass is 320 g/mol. The van der Waals surface area contributed by atoms with Crippen LogP contribution in [0, 0.1) is 5.92 Å². The Hall–Kier alpha value is -0.460. The van der Waals surface area contributed by atoms with Crippen molar-refractivity contribution in [2.24, 2.45) is 5.92 Å². The number of hydrogen-bond donors (Lipinski definition) is 1. The fraction of sp³-hybridized carbons (Fsp3) is 0.545. The summed E-state index contributed by atoms with van der Waals surface area (Å²) in [5, 5.41) is 0.889. The number of alkyl halides is 1. The molecule has 1 atom stereocenters. The summed E-state index contributed by atoms with van der Waals surface area (Å²) in [4.78, 5) is 4.02. The Morgan fingerprint density at radius 1 is 1.53 bits per heavy atom. The Morgan fingerprint density at radius 2 is 2.29 bits per heavy atom. The van der Waals surface area contributed by atoms with Crippen LogP contribution in [0.25, 0.3) is 0 Å². The van der Waals surface area contributed by atoms with Crippen LogP contribution in [0.5, 0.6) is 0 Å². The molecule has 6 heteroatoms. The molecule has 1 N–H and O–H groups in total.